The topological polar surface area (TPSA) is 116 Å². The summed E-state index contributed by atoms with van der Waals surface area (Å²) in [5.41, 5.74) is 13.5. The first kappa shape index (κ1) is 11.4. The van der Waals surface area contributed by atoms with Crippen LogP contribution in [0.5, 0.6) is 0 Å². The van der Waals surface area contributed by atoms with Gasteiger partial charge in [0.1, 0.15) is 11.8 Å². The molecule has 7 heteroatoms. The summed E-state index contributed by atoms with van der Waals surface area (Å²) in [5.74, 6) is 0.249. The third-order valence-corrected chi connectivity index (χ3v) is 2.93. The molecule has 0 bridgehead atoms. The van der Waals surface area contributed by atoms with Gasteiger partial charge in [-0.3, -0.25) is 0 Å². The summed E-state index contributed by atoms with van der Waals surface area (Å²) in [6.07, 6.45) is 1.33. The summed E-state index contributed by atoms with van der Waals surface area (Å²) < 4.78 is 1.45. The molecule has 0 amide bonds. The fraction of sp³-hybridized carbons (Fsp3) is 0.0833. The lowest BCUT2D eigenvalue weighted by atomic mass is 10.2. The standard InChI is InChI=1S/C12H12N6O/c13-5-7-1-3-8(4-2-7)18-11-9(17-12(18)19)10(14)15-6-16-11/h1-4,6H,5,13H2,(H,17,19)(H2,14,15,16). The molecule has 2 aromatic heterocycles. The van der Waals surface area contributed by atoms with Crippen LogP contribution < -0.4 is 17.2 Å². The number of hydrogen-bond acceptors (Lipinski definition) is 5. The molecule has 0 aliphatic heterocycles. The summed E-state index contributed by atoms with van der Waals surface area (Å²) in [5, 5.41) is 0. The average Bonchev–Trinajstić information content (AvgIpc) is 2.77. The van der Waals surface area contributed by atoms with Crippen molar-refractivity contribution in [1.82, 2.24) is 19.5 Å². The fourth-order valence-electron chi connectivity index (χ4n) is 1.96. The van der Waals surface area contributed by atoms with Crippen LogP contribution in [0.25, 0.3) is 16.9 Å². The number of benzene rings is 1. The van der Waals surface area contributed by atoms with Crippen LogP contribution in [0.2, 0.25) is 0 Å². The Kier molecular flexibility index (Phi) is 2.53. The summed E-state index contributed by atoms with van der Waals surface area (Å²) in [7, 11) is 0. The van der Waals surface area contributed by atoms with Crippen molar-refractivity contribution in [1.29, 1.82) is 0 Å². The van der Waals surface area contributed by atoms with E-state index in [9.17, 15) is 4.79 Å². The minimum atomic E-state index is -0.303. The summed E-state index contributed by atoms with van der Waals surface area (Å²) in [6, 6.07) is 7.36. The van der Waals surface area contributed by atoms with Crippen LogP contribution in [0.3, 0.4) is 0 Å². The molecule has 7 nitrogen and oxygen atoms in total. The second-order valence-corrected chi connectivity index (χ2v) is 4.09. The van der Waals surface area contributed by atoms with Gasteiger partial charge in [-0.25, -0.2) is 19.3 Å². The lowest BCUT2D eigenvalue weighted by Crippen LogP contribution is -2.15. The second kappa shape index (κ2) is 4.21. The maximum absolute atomic E-state index is 12.0. The molecule has 0 fully saturated rings. The van der Waals surface area contributed by atoms with E-state index in [1.54, 1.807) is 0 Å². The van der Waals surface area contributed by atoms with Gasteiger partial charge in [0.2, 0.25) is 0 Å². The van der Waals surface area contributed by atoms with Crippen molar-refractivity contribution in [3.63, 3.8) is 0 Å². The number of rotatable bonds is 2. The summed E-state index contributed by atoms with van der Waals surface area (Å²) >= 11 is 0. The van der Waals surface area contributed by atoms with Crippen LogP contribution in [-0.4, -0.2) is 19.5 Å². The maximum atomic E-state index is 12.0. The molecule has 19 heavy (non-hydrogen) atoms. The number of aromatic amines is 1. The van der Waals surface area contributed by atoms with Gasteiger partial charge in [0.25, 0.3) is 0 Å². The number of hydrogen-bond donors (Lipinski definition) is 3. The quantitative estimate of drug-likeness (QED) is 0.603. The van der Waals surface area contributed by atoms with E-state index in [4.69, 9.17) is 11.5 Å². The van der Waals surface area contributed by atoms with E-state index < -0.39 is 0 Å². The molecule has 0 aliphatic rings. The van der Waals surface area contributed by atoms with Gasteiger partial charge in [0.05, 0.1) is 5.69 Å². The van der Waals surface area contributed by atoms with Gasteiger partial charge >= 0.3 is 5.69 Å². The Morgan fingerprint density at radius 2 is 1.95 bits per heavy atom. The minimum absolute atomic E-state index is 0.249. The van der Waals surface area contributed by atoms with Crippen LogP contribution in [0.15, 0.2) is 35.4 Å². The van der Waals surface area contributed by atoms with Gasteiger partial charge < -0.3 is 16.5 Å². The van der Waals surface area contributed by atoms with Crippen LogP contribution in [0, 0.1) is 0 Å². The van der Waals surface area contributed by atoms with Crippen molar-refractivity contribution in [3.8, 4) is 5.69 Å². The predicted molar refractivity (Wildman–Crippen MR) is 71.8 cm³/mol. The number of nitrogen functional groups attached to an aromatic ring is 1. The highest BCUT2D eigenvalue weighted by molar-refractivity contribution is 5.82. The Balaban J connectivity index is 2.27. The third-order valence-electron chi connectivity index (χ3n) is 2.93. The van der Waals surface area contributed by atoms with E-state index in [2.05, 4.69) is 15.0 Å². The van der Waals surface area contributed by atoms with Crippen LogP contribution >= 0.6 is 0 Å². The number of nitrogens with two attached hydrogens (primary N) is 2. The van der Waals surface area contributed by atoms with Crippen LogP contribution in [-0.2, 0) is 6.54 Å². The van der Waals surface area contributed by atoms with Crippen LogP contribution in [0.4, 0.5) is 5.82 Å². The Morgan fingerprint density at radius 1 is 1.21 bits per heavy atom. The van der Waals surface area contributed by atoms with Crippen molar-refractivity contribution in [2.75, 3.05) is 5.73 Å². The molecule has 96 valence electrons. The zero-order chi connectivity index (χ0) is 13.4. The van der Waals surface area contributed by atoms with Crippen molar-refractivity contribution in [2.45, 2.75) is 6.54 Å². The Labute approximate surface area is 107 Å². The van der Waals surface area contributed by atoms with E-state index in [1.807, 2.05) is 24.3 Å². The molecule has 0 saturated heterocycles. The van der Waals surface area contributed by atoms with E-state index in [1.165, 1.54) is 10.9 Å². The van der Waals surface area contributed by atoms with Gasteiger partial charge in [-0.1, -0.05) is 12.1 Å². The number of anilines is 1. The lowest BCUT2D eigenvalue weighted by Gasteiger charge is -2.03. The number of H-pyrrole nitrogens is 1. The molecule has 0 atom stereocenters. The Morgan fingerprint density at radius 3 is 2.63 bits per heavy atom. The average molecular weight is 256 g/mol. The molecular formula is C12H12N6O. The van der Waals surface area contributed by atoms with E-state index >= 15 is 0 Å². The molecule has 0 saturated carbocycles. The molecule has 0 radical (unpaired) electrons. The van der Waals surface area contributed by atoms with Gasteiger partial charge in [-0.2, -0.15) is 0 Å². The fourth-order valence-corrected chi connectivity index (χ4v) is 1.96. The van der Waals surface area contributed by atoms with Gasteiger partial charge in [0, 0.05) is 6.54 Å². The molecule has 0 unspecified atom stereocenters. The molecule has 2 heterocycles. The molecule has 3 rings (SSSR count). The predicted octanol–water partition coefficient (Wildman–Crippen LogP) is 0.150. The van der Waals surface area contributed by atoms with E-state index in [0.717, 1.165) is 5.56 Å². The molecule has 5 N–H and O–H groups in total. The highest BCUT2D eigenvalue weighted by Crippen LogP contribution is 2.16. The Hall–Kier alpha value is -2.67. The first-order valence-corrected chi connectivity index (χ1v) is 5.71. The third kappa shape index (κ3) is 1.76. The summed E-state index contributed by atoms with van der Waals surface area (Å²) in [6.45, 7) is 0.457. The van der Waals surface area contributed by atoms with Gasteiger partial charge in [0.15, 0.2) is 11.5 Å². The molecule has 0 spiro atoms. The smallest absolute Gasteiger partial charge is 0.332 e. The van der Waals surface area contributed by atoms with Crippen molar-refractivity contribution < 1.29 is 0 Å². The molecule has 3 aromatic rings. The Bertz CT molecular complexity index is 786. The highest BCUT2D eigenvalue weighted by atomic mass is 16.1. The monoisotopic (exact) mass is 256 g/mol. The first-order chi connectivity index (χ1) is 9.20. The SMILES string of the molecule is NCc1ccc(-n2c(=O)[nH]c3c(N)ncnc32)cc1. The zero-order valence-electron chi connectivity index (χ0n) is 10.00. The van der Waals surface area contributed by atoms with Gasteiger partial charge in [-0.15, -0.1) is 0 Å². The number of fused-ring (bicyclic) bond motifs is 1. The van der Waals surface area contributed by atoms with Crippen molar-refractivity contribution >= 4 is 17.0 Å². The normalized spacial score (nSPS) is 11.0. The number of nitrogens with zero attached hydrogens (tertiary/aromatic N) is 3. The minimum Gasteiger partial charge on any atom is -0.382 e. The molecular weight excluding hydrogens is 244 g/mol. The zero-order valence-corrected chi connectivity index (χ0v) is 10.00. The van der Waals surface area contributed by atoms with E-state index in [-0.39, 0.29) is 11.5 Å². The maximum Gasteiger partial charge on any atom is 0.332 e. The summed E-state index contributed by atoms with van der Waals surface area (Å²) in [4.78, 5) is 22.6. The van der Waals surface area contributed by atoms with Crippen molar-refractivity contribution in [3.05, 3.63) is 46.6 Å². The molecule has 1 aromatic carbocycles. The number of imidazole rings is 1. The number of aromatic nitrogens is 4. The number of nitrogens with one attached hydrogen (secondary N) is 1. The second-order valence-electron chi connectivity index (χ2n) is 4.09. The highest BCUT2D eigenvalue weighted by Gasteiger charge is 2.12. The van der Waals surface area contributed by atoms with Crippen LogP contribution in [0.1, 0.15) is 5.56 Å². The molecule has 0 aliphatic carbocycles. The van der Waals surface area contributed by atoms with Gasteiger partial charge in [-0.05, 0) is 17.7 Å². The largest absolute Gasteiger partial charge is 0.382 e. The lowest BCUT2D eigenvalue weighted by molar-refractivity contribution is 0.990. The van der Waals surface area contributed by atoms with Crippen molar-refractivity contribution in [2.24, 2.45) is 5.73 Å². The first-order valence-electron chi connectivity index (χ1n) is 5.71. The van der Waals surface area contributed by atoms with E-state index in [0.29, 0.717) is 23.4 Å².